The molecule has 1 aliphatic heterocycles. The molecular formula is C21H19BrN2O5S. The first-order chi connectivity index (χ1) is 14.3. The third kappa shape index (κ3) is 4.68. The zero-order chi connectivity index (χ0) is 21.8. The number of thioether (sulfide) groups is 1. The van der Waals surface area contributed by atoms with E-state index >= 15 is 0 Å². The highest BCUT2D eigenvalue weighted by molar-refractivity contribution is 9.10. The van der Waals surface area contributed by atoms with Crippen LogP contribution in [0.2, 0.25) is 0 Å². The highest BCUT2D eigenvalue weighted by Crippen LogP contribution is 2.39. The maximum atomic E-state index is 12.8. The van der Waals surface area contributed by atoms with Crippen molar-refractivity contribution < 1.29 is 24.5 Å². The summed E-state index contributed by atoms with van der Waals surface area (Å²) in [5, 5.41) is 20.0. The Labute approximate surface area is 186 Å². The van der Waals surface area contributed by atoms with Gasteiger partial charge in [-0.05, 0) is 68.1 Å². The number of hydrogen-bond donors (Lipinski definition) is 2. The van der Waals surface area contributed by atoms with Crippen LogP contribution >= 0.6 is 27.7 Å². The number of benzene rings is 2. The number of carbonyl (C=O) groups excluding carboxylic acids is 1. The summed E-state index contributed by atoms with van der Waals surface area (Å²) in [6.07, 6.45) is 1.61. The number of carboxylic acids is 1. The number of aromatic carboxylic acids is 1. The molecule has 30 heavy (non-hydrogen) atoms. The first-order valence-corrected chi connectivity index (χ1v) is 10.7. The second-order valence-corrected chi connectivity index (χ2v) is 8.11. The Balaban J connectivity index is 1.95. The van der Waals surface area contributed by atoms with Crippen LogP contribution in [0.1, 0.15) is 29.8 Å². The van der Waals surface area contributed by atoms with Gasteiger partial charge in [0, 0.05) is 16.6 Å². The van der Waals surface area contributed by atoms with Crippen molar-refractivity contribution in [1.82, 2.24) is 4.90 Å². The lowest BCUT2D eigenvalue weighted by molar-refractivity contribution is -0.122. The molecule has 7 nitrogen and oxygen atoms in total. The first-order valence-electron chi connectivity index (χ1n) is 9.12. The van der Waals surface area contributed by atoms with E-state index < -0.39 is 5.97 Å². The van der Waals surface area contributed by atoms with Crippen molar-refractivity contribution in [3.8, 4) is 11.5 Å². The number of aliphatic imine (C=N–C) groups is 1. The number of rotatable bonds is 6. The van der Waals surface area contributed by atoms with E-state index in [4.69, 9.17) is 9.84 Å². The van der Waals surface area contributed by atoms with Gasteiger partial charge in [-0.25, -0.2) is 9.79 Å². The van der Waals surface area contributed by atoms with Gasteiger partial charge >= 0.3 is 5.97 Å². The maximum Gasteiger partial charge on any atom is 0.335 e. The Morgan fingerprint density at radius 2 is 1.97 bits per heavy atom. The number of phenols is 1. The number of aromatic hydroxyl groups is 1. The zero-order valence-corrected chi connectivity index (χ0v) is 18.7. The second-order valence-electron chi connectivity index (χ2n) is 6.18. The minimum atomic E-state index is -1.01. The zero-order valence-electron chi connectivity index (χ0n) is 16.3. The molecule has 1 aliphatic rings. The summed E-state index contributed by atoms with van der Waals surface area (Å²) < 4.78 is 6.16. The molecule has 0 aromatic heterocycles. The van der Waals surface area contributed by atoms with Crippen LogP contribution in [0.3, 0.4) is 0 Å². The van der Waals surface area contributed by atoms with Crippen LogP contribution in [0, 0.1) is 0 Å². The summed E-state index contributed by atoms with van der Waals surface area (Å²) in [6.45, 7) is 4.48. The molecule has 0 spiro atoms. The van der Waals surface area contributed by atoms with E-state index in [1.807, 2.05) is 13.8 Å². The number of ether oxygens (including phenoxy) is 1. The van der Waals surface area contributed by atoms with Gasteiger partial charge in [-0.1, -0.05) is 15.9 Å². The predicted octanol–water partition coefficient (Wildman–Crippen LogP) is 4.88. The maximum absolute atomic E-state index is 12.8. The lowest BCUT2D eigenvalue weighted by Gasteiger charge is -2.12. The van der Waals surface area contributed by atoms with Gasteiger partial charge in [-0.15, -0.1) is 0 Å². The van der Waals surface area contributed by atoms with Gasteiger partial charge in [-0.2, -0.15) is 0 Å². The molecule has 0 unspecified atom stereocenters. The summed E-state index contributed by atoms with van der Waals surface area (Å²) in [5.74, 6) is -0.950. The van der Waals surface area contributed by atoms with Gasteiger partial charge in [0.15, 0.2) is 16.7 Å². The van der Waals surface area contributed by atoms with Crippen molar-refractivity contribution in [3.63, 3.8) is 0 Å². The number of halogens is 1. The molecule has 1 saturated heterocycles. The molecule has 1 fully saturated rings. The predicted molar refractivity (Wildman–Crippen MR) is 120 cm³/mol. The molecular weight excluding hydrogens is 472 g/mol. The fourth-order valence-electron chi connectivity index (χ4n) is 2.77. The van der Waals surface area contributed by atoms with Gasteiger partial charge in [0.2, 0.25) is 0 Å². The molecule has 0 atom stereocenters. The molecule has 2 aromatic carbocycles. The molecule has 2 aromatic rings. The van der Waals surface area contributed by atoms with E-state index in [1.54, 1.807) is 30.3 Å². The average Bonchev–Trinajstić information content (AvgIpc) is 3.00. The molecule has 0 aliphatic carbocycles. The van der Waals surface area contributed by atoms with Gasteiger partial charge in [-0.3, -0.25) is 9.69 Å². The topological polar surface area (TPSA) is 99.4 Å². The first kappa shape index (κ1) is 21.9. The van der Waals surface area contributed by atoms with Crippen LogP contribution in [0.25, 0.3) is 6.08 Å². The Morgan fingerprint density at radius 1 is 1.27 bits per heavy atom. The molecule has 3 rings (SSSR count). The molecule has 0 saturated carbocycles. The van der Waals surface area contributed by atoms with Crippen molar-refractivity contribution in [3.05, 3.63) is 56.9 Å². The van der Waals surface area contributed by atoms with Crippen LogP contribution < -0.4 is 4.74 Å². The number of carboxylic acid groups (broad SMARTS) is 1. The molecule has 156 valence electrons. The van der Waals surface area contributed by atoms with Crippen LogP contribution in [0.5, 0.6) is 11.5 Å². The van der Waals surface area contributed by atoms with Crippen molar-refractivity contribution in [2.45, 2.75) is 13.8 Å². The Kier molecular flexibility index (Phi) is 6.84. The molecule has 0 bridgehead atoms. The van der Waals surface area contributed by atoms with E-state index in [0.717, 1.165) is 0 Å². The van der Waals surface area contributed by atoms with E-state index in [9.17, 15) is 14.7 Å². The number of nitrogens with zero attached hydrogens (tertiary/aromatic N) is 2. The van der Waals surface area contributed by atoms with Crippen LogP contribution in [0.15, 0.2) is 50.8 Å². The SMILES string of the molecule is CCOc1cc(Br)cc(C=C2SC(=Nc3ccc(C(=O)O)cc3)N(CC)C2=O)c1O. The number of amides is 1. The van der Waals surface area contributed by atoms with E-state index in [-0.39, 0.29) is 17.2 Å². The fraction of sp³-hybridized carbons (Fsp3) is 0.190. The average molecular weight is 491 g/mol. The van der Waals surface area contributed by atoms with Crippen molar-refractivity contribution >= 4 is 56.5 Å². The summed E-state index contributed by atoms with van der Waals surface area (Å²) >= 11 is 4.58. The quantitative estimate of drug-likeness (QED) is 0.560. The highest BCUT2D eigenvalue weighted by Gasteiger charge is 2.32. The second kappa shape index (κ2) is 9.36. The minimum absolute atomic E-state index is 0.0429. The van der Waals surface area contributed by atoms with Crippen LogP contribution in [0.4, 0.5) is 5.69 Å². The van der Waals surface area contributed by atoms with Crippen LogP contribution in [-0.4, -0.2) is 45.3 Å². The fourth-order valence-corrected chi connectivity index (χ4v) is 4.28. The van der Waals surface area contributed by atoms with Gasteiger partial charge < -0.3 is 14.9 Å². The lowest BCUT2D eigenvalue weighted by atomic mass is 10.1. The summed E-state index contributed by atoms with van der Waals surface area (Å²) in [5.41, 5.74) is 1.16. The monoisotopic (exact) mass is 490 g/mol. The third-order valence-corrected chi connectivity index (χ3v) is 5.66. The molecule has 9 heteroatoms. The summed E-state index contributed by atoms with van der Waals surface area (Å²) in [4.78, 5) is 30.3. The Bertz CT molecular complexity index is 1050. The number of amidine groups is 1. The Morgan fingerprint density at radius 3 is 2.57 bits per heavy atom. The lowest BCUT2D eigenvalue weighted by Crippen LogP contribution is -2.28. The van der Waals surface area contributed by atoms with Crippen LogP contribution in [-0.2, 0) is 4.79 Å². The molecule has 1 heterocycles. The molecule has 0 radical (unpaired) electrons. The highest BCUT2D eigenvalue weighted by atomic mass is 79.9. The molecule has 2 N–H and O–H groups in total. The number of carbonyl (C=O) groups is 2. The third-order valence-electron chi connectivity index (χ3n) is 4.20. The van der Waals surface area contributed by atoms with E-state index in [2.05, 4.69) is 20.9 Å². The normalized spacial score (nSPS) is 16.5. The van der Waals surface area contributed by atoms with E-state index in [0.29, 0.717) is 44.7 Å². The number of likely N-dealkylation sites (N-methyl/N-ethyl adjacent to an activating group) is 1. The standard InChI is InChI=1S/C21H19BrN2O5S/c1-3-24-19(26)17(10-13-9-14(22)11-16(18(13)25)29-4-2)30-21(24)23-15-7-5-12(6-8-15)20(27)28/h5-11,25H,3-4H2,1-2H3,(H,27,28). The van der Waals surface area contributed by atoms with Crippen molar-refractivity contribution in [2.75, 3.05) is 13.2 Å². The van der Waals surface area contributed by atoms with Gasteiger partial charge in [0.25, 0.3) is 5.91 Å². The molecule has 1 amide bonds. The summed E-state index contributed by atoms with van der Waals surface area (Å²) in [7, 11) is 0. The van der Waals surface area contributed by atoms with E-state index in [1.165, 1.54) is 28.8 Å². The van der Waals surface area contributed by atoms with Gasteiger partial charge in [0.1, 0.15) is 0 Å². The van der Waals surface area contributed by atoms with Gasteiger partial charge in [0.05, 0.1) is 22.8 Å². The summed E-state index contributed by atoms with van der Waals surface area (Å²) in [6, 6.07) is 9.47. The Hall–Kier alpha value is -2.78. The number of phenolic OH excluding ortho intramolecular Hbond substituents is 1. The van der Waals surface area contributed by atoms with Crippen molar-refractivity contribution in [1.29, 1.82) is 0 Å². The largest absolute Gasteiger partial charge is 0.504 e. The smallest absolute Gasteiger partial charge is 0.335 e. The van der Waals surface area contributed by atoms with Crippen molar-refractivity contribution in [2.24, 2.45) is 4.99 Å². The number of hydrogen-bond acceptors (Lipinski definition) is 6. The minimum Gasteiger partial charge on any atom is -0.504 e.